The van der Waals surface area contributed by atoms with Gasteiger partial charge >= 0.3 is 175 Å². The van der Waals surface area contributed by atoms with E-state index in [1.165, 1.54) is 31.2 Å². The van der Waals surface area contributed by atoms with E-state index in [2.05, 4.69) is 5.32 Å². The molecule has 0 bridgehead atoms. The van der Waals surface area contributed by atoms with E-state index in [9.17, 15) is 36.6 Å². The van der Waals surface area contributed by atoms with E-state index in [1.54, 1.807) is 0 Å². The number of alkyl halides is 3. The molecule has 0 heterocycles. The van der Waals surface area contributed by atoms with Crippen LogP contribution in [0.5, 0.6) is 5.75 Å². The first-order valence-corrected chi connectivity index (χ1v) is 10.7. The minimum absolute atomic E-state index is 0.0668. The molecule has 0 unspecified atom stereocenters. The van der Waals surface area contributed by atoms with E-state index < -0.39 is 60.0 Å². The average molecular weight is 488 g/mol. The molecule has 1 fully saturated rings. The number of phenols is 1. The second-order valence-electron chi connectivity index (χ2n) is 7.01. The van der Waals surface area contributed by atoms with Crippen molar-refractivity contribution in [1.82, 2.24) is 5.32 Å². The molecule has 1 amide bonds. The molecule has 1 aliphatic rings. The van der Waals surface area contributed by atoms with Gasteiger partial charge in [-0.25, -0.2) is 0 Å². The Labute approximate surface area is 175 Å². The first-order valence-electron chi connectivity index (χ1n) is 8.87. The van der Waals surface area contributed by atoms with Crippen LogP contribution in [0.3, 0.4) is 0 Å². The fourth-order valence-corrected chi connectivity index (χ4v) is 5.10. The molecule has 0 spiro atoms. The van der Waals surface area contributed by atoms with Gasteiger partial charge in [0.05, 0.1) is 0 Å². The number of hydrogen-bond acceptors (Lipinski definition) is 3. The van der Waals surface area contributed by atoms with E-state index in [1.807, 2.05) is 0 Å². The molecule has 30 heavy (non-hydrogen) atoms. The Morgan fingerprint density at radius 3 is 2.37 bits per heavy atom. The van der Waals surface area contributed by atoms with Gasteiger partial charge in [0.15, 0.2) is 0 Å². The number of rotatable bonds is 6. The molecule has 1 atom stereocenters. The second-order valence-corrected chi connectivity index (χ2v) is 10.1. The van der Waals surface area contributed by atoms with Gasteiger partial charge < -0.3 is 0 Å². The molecular weight excluding hydrogens is 472 g/mol. The van der Waals surface area contributed by atoms with Crippen LogP contribution in [0.2, 0.25) is 4.20 Å². The number of carbonyl (C=O) groups excluding carboxylic acids is 2. The van der Waals surface area contributed by atoms with Crippen molar-refractivity contribution >= 4 is 26.2 Å². The maximum atomic E-state index is 14.6. The van der Waals surface area contributed by atoms with Crippen LogP contribution in [-0.2, 0) is 9.59 Å². The van der Waals surface area contributed by atoms with Crippen molar-refractivity contribution in [2.45, 2.75) is 36.2 Å². The van der Waals surface area contributed by atoms with Crippen LogP contribution in [0.25, 0.3) is 11.1 Å². The SMILES string of the molecule is C[C@@H](NC(=O)C1([As]C(=O)C(F)(F)F)CC1)c1ccc(-c2cccc(F)c2O)cc1F. The zero-order valence-corrected chi connectivity index (χ0v) is 17.4. The molecule has 10 heteroatoms. The third kappa shape index (κ3) is 4.51. The summed E-state index contributed by atoms with van der Waals surface area (Å²) in [6.07, 6.45) is -4.59. The van der Waals surface area contributed by atoms with Crippen LogP contribution in [0.4, 0.5) is 22.0 Å². The van der Waals surface area contributed by atoms with Crippen LogP contribution in [0, 0.1) is 11.6 Å². The molecule has 3 rings (SSSR count). The molecule has 1 aliphatic carbocycles. The van der Waals surface area contributed by atoms with Crippen LogP contribution in [0.1, 0.15) is 31.4 Å². The van der Waals surface area contributed by atoms with E-state index in [4.69, 9.17) is 0 Å². The van der Waals surface area contributed by atoms with Gasteiger partial charge in [-0.15, -0.1) is 0 Å². The molecule has 0 aromatic heterocycles. The van der Waals surface area contributed by atoms with Gasteiger partial charge in [-0.2, -0.15) is 0 Å². The van der Waals surface area contributed by atoms with E-state index in [0.29, 0.717) is 0 Å². The molecular formula is C20H16AsF5NO3. The van der Waals surface area contributed by atoms with Crippen molar-refractivity contribution in [3.05, 3.63) is 53.6 Å². The topological polar surface area (TPSA) is 66.4 Å². The van der Waals surface area contributed by atoms with Crippen molar-refractivity contribution in [1.29, 1.82) is 0 Å². The molecule has 4 nitrogen and oxygen atoms in total. The van der Waals surface area contributed by atoms with E-state index >= 15 is 0 Å². The second kappa shape index (κ2) is 8.02. The molecule has 0 aliphatic heterocycles. The zero-order chi connectivity index (χ0) is 22.3. The normalized spacial score (nSPS) is 16.5. The zero-order valence-electron chi connectivity index (χ0n) is 15.6. The van der Waals surface area contributed by atoms with Gasteiger partial charge in [0, 0.05) is 0 Å². The molecule has 0 saturated heterocycles. The van der Waals surface area contributed by atoms with Gasteiger partial charge in [0.25, 0.3) is 0 Å². The Bertz CT molecular complexity index is 1000. The summed E-state index contributed by atoms with van der Waals surface area (Å²) in [5, 5.41) is 12.3. The van der Waals surface area contributed by atoms with Gasteiger partial charge in [-0.05, 0) is 0 Å². The Kier molecular flexibility index (Phi) is 5.96. The van der Waals surface area contributed by atoms with E-state index in [0.717, 1.165) is 12.1 Å². The molecule has 1 radical (unpaired) electrons. The number of amides is 1. The molecule has 1 saturated carbocycles. The summed E-state index contributed by atoms with van der Waals surface area (Å²) in [5.41, 5.74) is 0.368. The van der Waals surface area contributed by atoms with Gasteiger partial charge in [0.2, 0.25) is 0 Å². The average Bonchev–Trinajstić information content (AvgIpc) is 3.43. The standard InChI is InChI=1S/C20H16AsF5NO3/c1-10(27-18(30)19(7-8-19)21-17(29)20(24,25)26)12-6-5-11(9-15(12)23)13-3-2-4-14(22)16(13)28/h2-6,9-10,28H,7-8H2,1H3,(H,27,30)/t10-/m1/s1. The number of hydrogen-bond donors (Lipinski definition) is 2. The third-order valence-corrected chi connectivity index (χ3v) is 8.04. The summed E-state index contributed by atoms with van der Waals surface area (Å²) in [6.45, 7) is 1.47. The molecule has 159 valence electrons. The van der Waals surface area contributed by atoms with Crippen molar-refractivity contribution < 1.29 is 36.6 Å². The van der Waals surface area contributed by atoms with Crippen molar-refractivity contribution in [2.24, 2.45) is 0 Å². The van der Waals surface area contributed by atoms with Gasteiger partial charge in [-0.1, -0.05) is 0 Å². The van der Waals surface area contributed by atoms with Crippen LogP contribution in [-0.4, -0.2) is 37.5 Å². The predicted octanol–water partition coefficient (Wildman–Crippen LogP) is 4.26. The predicted molar refractivity (Wildman–Crippen MR) is 98.8 cm³/mol. The maximum absolute atomic E-state index is 14.6. The third-order valence-electron chi connectivity index (χ3n) is 4.82. The first-order chi connectivity index (χ1) is 13.9. The number of benzene rings is 2. The quantitative estimate of drug-likeness (QED) is 0.472. The number of halogens is 5. The van der Waals surface area contributed by atoms with Gasteiger partial charge in [0.1, 0.15) is 0 Å². The number of carbonyl (C=O) groups is 2. The molecule has 2 aromatic carbocycles. The van der Waals surface area contributed by atoms with Crippen LogP contribution in [0.15, 0.2) is 36.4 Å². The first kappa shape index (κ1) is 22.3. The fourth-order valence-electron chi connectivity index (χ4n) is 2.97. The minimum atomic E-state index is -4.97. The number of para-hydroxylation sites is 1. The number of phenolic OH excluding ortho intramolecular Hbond substituents is 1. The Morgan fingerprint density at radius 1 is 1.13 bits per heavy atom. The Hall–Kier alpha value is -2.41. The van der Waals surface area contributed by atoms with Crippen molar-refractivity contribution in [3.63, 3.8) is 0 Å². The summed E-state index contributed by atoms with van der Waals surface area (Å²) in [4.78, 5) is 23.7. The molecule has 2 N–H and O–H groups in total. The van der Waals surface area contributed by atoms with Crippen molar-refractivity contribution in [3.8, 4) is 16.9 Å². The summed E-state index contributed by atoms with van der Waals surface area (Å²) in [5.74, 6) is -2.92. The Morgan fingerprint density at radius 2 is 1.80 bits per heavy atom. The van der Waals surface area contributed by atoms with Crippen LogP contribution < -0.4 is 5.32 Å². The summed E-state index contributed by atoms with van der Waals surface area (Å²) in [6, 6.07) is 6.80. The summed E-state index contributed by atoms with van der Waals surface area (Å²) in [7, 11) is 0. The van der Waals surface area contributed by atoms with Gasteiger partial charge in [-0.3, -0.25) is 0 Å². The molecule has 2 aromatic rings. The summed E-state index contributed by atoms with van der Waals surface area (Å²) < 4.78 is 62.5. The monoisotopic (exact) mass is 488 g/mol. The van der Waals surface area contributed by atoms with Crippen LogP contribution >= 0.6 is 0 Å². The fraction of sp³-hybridized carbons (Fsp3) is 0.300. The van der Waals surface area contributed by atoms with Crippen molar-refractivity contribution in [2.75, 3.05) is 0 Å². The number of nitrogens with one attached hydrogen (secondary N) is 1. The summed E-state index contributed by atoms with van der Waals surface area (Å²) >= 11 is -1.92. The van der Waals surface area contributed by atoms with E-state index in [-0.39, 0.29) is 29.5 Å². The Balaban J connectivity index is 1.74. The number of aromatic hydroxyl groups is 1.